The first-order chi connectivity index (χ1) is 33.7. The van der Waals surface area contributed by atoms with E-state index >= 15 is 0 Å². The Balaban J connectivity index is 0.965. The van der Waals surface area contributed by atoms with Gasteiger partial charge in [0.05, 0.1) is 55.2 Å². The number of hydrogen-bond donors (Lipinski definition) is 0. The maximum atomic E-state index is 5.49. The molecule has 0 fully saturated rings. The van der Waals surface area contributed by atoms with Crippen LogP contribution in [0.4, 0.5) is 0 Å². The van der Waals surface area contributed by atoms with Crippen LogP contribution in [0.3, 0.4) is 0 Å². The molecule has 0 unspecified atom stereocenters. The molecule has 0 bridgehead atoms. The van der Waals surface area contributed by atoms with Gasteiger partial charge < -0.3 is 9.13 Å². The molecule has 6 heteroatoms. The van der Waals surface area contributed by atoms with Crippen molar-refractivity contribution in [1.29, 1.82) is 0 Å². The summed E-state index contributed by atoms with van der Waals surface area (Å²) in [5.74, 6) is 0. The molecule has 6 aromatic heterocycles. The van der Waals surface area contributed by atoms with Crippen LogP contribution in [0.5, 0.6) is 0 Å². The fourth-order valence-corrected chi connectivity index (χ4v) is 11.8. The van der Waals surface area contributed by atoms with E-state index in [2.05, 4.69) is 236 Å². The van der Waals surface area contributed by atoms with Crippen molar-refractivity contribution in [3.05, 3.63) is 218 Å². The summed E-state index contributed by atoms with van der Waals surface area (Å²) in [6.45, 7) is 0. The van der Waals surface area contributed by atoms with E-state index in [1.807, 2.05) is 0 Å². The largest absolute Gasteiger partial charge is 0.309 e. The van der Waals surface area contributed by atoms with Gasteiger partial charge in [-0.05, 0) is 113 Å². The van der Waals surface area contributed by atoms with Gasteiger partial charge in [0.15, 0.2) is 0 Å². The van der Waals surface area contributed by atoms with Crippen LogP contribution in [0.2, 0.25) is 0 Å². The van der Waals surface area contributed by atoms with Crippen molar-refractivity contribution >= 4 is 120 Å². The van der Waals surface area contributed by atoms with Crippen LogP contribution in [-0.2, 0) is 0 Å². The molecular weight excluding hydrogens is 829 g/mol. The maximum Gasteiger partial charge on any atom is 0.146 e. The zero-order valence-electron chi connectivity index (χ0n) is 36.5. The first kappa shape index (κ1) is 36.0. The number of hydrogen-bond acceptors (Lipinski definition) is 2. The molecule has 0 saturated heterocycles. The minimum atomic E-state index is 0.956. The van der Waals surface area contributed by atoms with E-state index in [9.17, 15) is 0 Å². The Morgan fingerprint density at radius 3 is 1.56 bits per heavy atom. The van der Waals surface area contributed by atoms with Crippen molar-refractivity contribution in [2.45, 2.75) is 0 Å². The Labute approximate surface area is 387 Å². The molecule has 16 aromatic rings. The highest BCUT2D eigenvalue weighted by atomic mass is 15.0. The molecule has 6 heterocycles. The number of pyridine rings is 2. The van der Waals surface area contributed by atoms with E-state index in [0.29, 0.717) is 0 Å². The number of aromatic nitrogens is 6. The third kappa shape index (κ3) is 4.70. The third-order valence-corrected chi connectivity index (χ3v) is 14.7. The van der Waals surface area contributed by atoms with Crippen LogP contribution in [0, 0.1) is 0 Å². The second-order valence-corrected chi connectivity index (χ2v) is 18.2. The van der Waals surface area contributed by atoms with Gasteiger partial charge in [0.2, 0.25) is 0 Å². The Hall–Kier alpha value is -9.26. The highest BCUT2D eigenvalue weighted by molar-refractivity contribution is 6.27. The number of imidazole rings is 2. The van der Waals surface area contributed by atoms with Gasteiger partial charge >= 0.3 is 0 Å². The highest BCUT2D eigenvalue weighted by Gasteiger charge is 2.23. The van der Waals surface area contributed by atoms with Gasteiger partial charge in [-0.3, -0.25) is 8.80 Å². The monoisotopic (exact) mass is 864 g/mol. The topological polar surface area (TPSA) is 44.5 Å². The van der Waals surface area contributed by atoms with Crippen LogP contribution in [0.25, 0.3) is 143 Å². The van der Waals surface area contributed by atoms with Gasteiger partial charge in [0, 0.05) is 54.5 Å². The molecule has 0 spiro atoms. The van der Waals surface area contributed by atoms with Crippen molar-refractivity contribution in [2.75, 3.05) is 0 Å². The van der Waals surface area contributed by atoms with Gasteiger partial charge in [-0.15, -0.1) is 0 Å². The molecule has 68 heavy (non-hydrogen) atoms. The lowest BCUT2D eigenvalue weighted by Crippen LogP contribution is -1.97. The number of fused-ring (bicyclic) bond motifs is 23. The average Bonchev–Trinajstić information content (AvgIpc) is 4.16. The molecule has 6 nitrogen and oxygen atoms in total. The van der Waals surface area contributed by atoms with Crippen molar-refractivity contribution in [3.63, 3.8) is 0 Å². The van der Waals surface area contributed by atoms with E-state index < -0.39 is 0 Å². The maximum absolute atomic E-state index is 5.49. The third-order valence-electron chi connectivity index (χ3n) is 14.7. The van der Waals surface area contributed by atoms with Crippen LogP contribution in [0.15, 0.2) is 218 Å². The normalized spacial score (nSPS) is 12.4. The number of para-hydroxylation sites is 6. The molecule has 0 atom stereocenters. The summed E-state index contributed by atoms with van der Waals surface area (Å²) in [5.41, 5.74) is 17.6. The molecule has 0 saturated carbocycles. The average molecular weight is 865 g/mol. The Bertz CT molecular complexity index is 4840. The van der Waals surface area contributed by atoms with Crippen molar-refractivity contribution in [3.8, 4) is 22.5 Å². The van der Waals surface area contributed by atoms with Crippen molar-refractivity contribution in [1.82, 2.24) is 27.9 Å². The fraction of sp³-hybridized carbons (Fsp3) is 0. The standard InChI is InChI=1S/C62H36N6/c1-3-15-39(16-4-1)65-52-24-12-10-20-42(52)48-35-49-47-33-37(27-29-46(47)62-63-50-23-11-14-26-54(50)68(62)58(49)36-57(48)65)38-28-31-55-51(34-38)64-61-45-22-8-7-21-43(45)59-56(67(55)61)32-30-44-41-19-9-13-25-53(41)66(60(44)59)40-17-5-2-6-18-40/h1-36H. The van der Waals surface area contributed by atoms with Crippen molar-refractivity contribution in [2.24, 2.45) is 0 Å². The molecule has 0 radical (unpaired) electrons. The number of rotatable bonds is 3. The van der Waals surface area contributed by atoms with Gasteiger partial charge in [-0.25, -0.2) is 9.97 Å². The zero-order valence-corrected chi connectivity index (χ0v) is 36.5. The predicted molar refractivity (Wildman–Crippen MR) is 283 cm³/mol. The van der Waals surface area contributed by atoms with Crippen LogP contribution >= 0.6 is 0 Å². The minimum Gasteiger partial charge on any atom is -0.309 e. The Morgan fingerprint density at radius 2 is 0.779 bits per heavy atom. The lowest BCUT2D eigenvalue weighted by atomic mass is 9.98. The first-order valence-corrected chi connectivity index (χ1v) is 23.2. The summed E-state index contributed by atoms with van der Waals surface area (Å²) >= 11 is 0. The Morgan fingerprint density at radius 1 is 0.265 bits per heavy atom. The second kappa shape index (κ2) is 13.2. The van der Waals surface area contributed by atoms with E-state index in [4.69, 9.17) is 9.97 Å². The summed E-state index contributed by atoms with van der Waals surface area (Å²) in [4.78, 5) is 10.8. The van der Waals surface area contributed by atoms with Crippen LogP contribution in [-0.4, -0.2) is 27.9 Å². The van der Waals surface area contributed by atoms with Gasteiger partial charge in [-0.2, -0.15) is 0 Å². The molecular formula is C62H36N6. The zero-order chi connectivity index (χ0) is 44.2. The van der Waals surface area contributed by atoms with E-state index in [-0.39, 0.29) is 0 Å². The number of nitrogens with zero attached hydrogens (tertiary/aromatic N) is 6. The van der Waals surface area contributed by atoms with Crippen LogP contribution < -0.4 is 0 Å². The Kier molecular flexibility index (Phi) is 6.98. The van der Waals surface area contributed by atoms with E-state index in [1.165, 1.54) is 65.2 Å². The predicted octanol–water partition coefficient (Wildman–Crippen LogP) is 15.8. The fourth-order valence-electron chi connectivity index (χ4n) is 11.8. The lowest BCUT2D eigenvalue weighted by molar-refractivity contribution is 1.18. The molecule has 0 N–H and O–H groups in total. The summed E-state index contributed by atoms with van der Waals surface area (Å²) in [6.07, 6.45) is 0. The summed E-state index contributed by atoms with van der Waals surface area (Å²) < 4.78 is 9.59. The quantitative estimate of drug-likeness (QED) is 0.166. The molecule has 10 aromatic carbocycles. The van der Waals surface area contributed by atoms with Gasteiger partial charge in [0.25, 0.3) is 0 Å². The molecule has 0 aliphatic heterocycles. The second-order valence-electron chi connectivity index (χ2n) is 18.2. The summed E-state index contributed by atoms with van der Waals surface area (Å²) in [6, 6.07) is 79.4. The molecule has 0 amide bonds. The van der Waals surface area contributed by atoms with E-state index in [1.54, 1.807) is 0 Å². The van der Waals surface area contributed by atoms with Gasteiger partial charge in [-0.1, -0.05) is 127 Å². The van der Waals surface area contributed by atoms with Crippen LogP contribution in [0.1, 0.15) is 0 Å². The lowest BCUT2D eigenvalue weighted by Gasteiger charge is -2.14. The van der Waals surface area contributed by atoms with Gasteiger partial charge in [0.1, 0.15) is 11.3 Å². The minimum absolute atomic E-state index is 0.956. The smallest absolute Gasteiger partial charge is 0.146 e. The van der Waals surface area contributed by atoms with Crippen molar-refractivity contribution < 1.29 is 0 Å². The number of benzene rings is 10. The highest BCUT2D eigenvalue weighted by Crippen LogP contribution is 2.44. The van der Waals surface area contributed by atoms with E-state index in [0.717, 1.165) is 77.7 Å². The summed E-state index contributed by atoms with van der Waals surface area (Å²) in [5, 5.41) is 11.9. The first-order valence-electron chi connectivity index (χ1n) is 23.2. The molecule has 16 rings (SSSR count). The summed E-state index contributed by atoms with van der Waals surface area (Å²) in [7, 11) is 0. The SMILES string of the molecule is c1ccc(-n2c3ccccc3c3cc4c5cc(-c6ccc7c(c6)nc6c8ccccc8c8c9c(ccc8n76)c6ccccc6n9-c6ccccc6)ccc5c5nc6ccccc6n5c4cc32)cc1. The molecule has 0 aliphatic rings. The molecule has 0 aliphatic carbocycles. The molecule has 314 valence electrons.